The van der Waals surface area contributed by atoms with Crippen LogP contribution >= 0.6 is 24.0 Å². The molecule has 4 nitrogen and oxygen atoms in total. The van der Waals surface area contributed by atoms with Crippen LogP contribution in [0.2, 0.25) is 5.02 Å². The normalized spacial score (nSPS) is 16.4. The summed E-state index contributed by atoms with van der Waals surface area (Å²) < 4.78 is 5.30. The van der Waals surface area contributed by atoms with E-state index in [-0.39, 0.29) is 18.3 Å². The second kappa shape index (κ2) is 8.45. The van der Waals surface area contributed by atoms with E-state index in [0.29, 0.717) is 27.9 Å². The zero-order chi connectivity index (χ0) is 17.1. The molecule has 0 bridgehead atoms. The van der Waals surface area contributed by atoms with Crippen LogP contribution in [0.3, 0.4) is 0 Å². The monoisotopic (exact) mass is 380 g/mol. The second-order valence-electron chi connectivity index (χ2n) is 6.17. The Bertz CT molecular complexity index is 738. The molecule has 1 heterocycles. The maximum absolute atomic E-state index is 12.8. The van der Waals surface area contributed by atoms with Crippen molar-refractivity contribution in [1.29, 1.82) is 0 Å². The number of hydrogen-bond donors (Lipinski definition) is 1. The lowest BCUT2D eigenvalue weighted by Crippen LogP contribution is -2.29. The van der Waals surface area contributed by atoms with Gasteiger partial charge in [0.2, 0.25) is 0 Å². The zero-order valence-corrected chi connectivity index (χ0v) is 15.6. The number of methoxy groups -OCH3 is 1. The van der Waals surface area contributed by atoms with Gasteiger partial charge in [-0.3, -0.25) is 4.79 Å². The van der Waals surface area contributed by atoms with E-state index in [4.69, 9.17) is 22.1 Å². The Morgan fingerprint density at radius 1 is 1.32 bits per heavy atom. The van der Waals surface area contributed by atoms with Crippen LogP contribution in [-0.2, 0) is 6.42 Å². The molecule has 25 heavy (non-hydrogen) atoms. The molecule has 1 aliphatic heterocycles. The van der Waals surface area contributed by atoms with Crippen molar-refractivity contribution in [3.8, 4) is 5.75 Å². The zero-order valence-electron chi connectivity index (χ0n) is 14.1. The summed E-state index contributed by atoms with van der Waals surface area (Å²) in [7, 11) is 1.53. The fourth-order valence-corrected chi connectivity index (χ4v) is 3.37. The lowest BCUT2D eigenvalue weighted by atomic mass is 9.99. The van der Waals surface area contributed by atoms with E-state index in [1.807, 2.05) is 11.0 Å². The molecule has 2 aromatic rings. The highest BCUT2D eigenvalue weighted by Gasteiger charge is 2.29. The van der Waals surface area contributed by atoms with E-state index in [0.717, 1.165) is 25.9 Å². The van der Waals surface area contributed by atoms with Crippen molar-refractivity contribution < 1.29 is 9.53 Å². The highest BCUT2D eigenvalue weighted by atomic mass is 35.5. The Hall–Kier alpha value is -1.91. The van der Waals surface area contributed by atoms with Gasteiger partial charge >= 0.3 is 0 Å². The molecule has 1 unspecified atom stereocenters. The van der Waals surface area contributed by atoms with Crippen molar-refractivity contribution in [2.75, 3.05) is 25.9 Å². The molecule has 0 radical (unpaired) electrons. The summed E-state index contributed by atoms with van der Waals surface area (Å²) in [6.45, 7) is 1.50. The van der Waals surface area contributed by atoms with E-state index in [1.54, 1.807) is 12.1 Å². The van der Waals surface area contributed by atoms with Crippen molar-refractivity contribution >= 4 is 35.6 Å². The number of rotatable bonds is 4. The van der Waals surface area contributed by atoms with Gasteiger partial charge in [-0.05, 0) is 30.4 Å². The standard InChI is InChI=1S/C19H21ClN2O2.ClH/c1-24-18-11-17(21)16(20)10-15(18)19(23)22-8-7-14(12-22)9-13-5-3-2-4-6-13;/h2-6,10-11,14H,7-9,12,21H2,1H3;1H. The number of nitrogens with zero attached hydrogens (tertiary/aromatic N) is 1. The predicted octanol–water partition coefficient (Wildman–Crippen LogP) is 4.06. The predicted molar refractivity (Wildman–Crippen MR) is 104 cm³/mol. The third-order valence-electron chi connectivity index (χ3n) is 4.49. The Morgan fingerprint density at radius 2 is 2.04 bits per heavy atom. The molecule has 2 N–H and O–H groups in total. The van der Waals surface area contributed by atoms with E-state index >= 15 is 0 Å². The highest BCUT2D eigenvalue weighted by Crippen LogP contribution is 2.31. The summed E-state index contributed by atoms with van der Waals surface area (Å²) in [6, 6.07) is 13.6. The van der Waals surface area contributed by atoms with Crippen LogP contribution in [0.5, 0.6) is 5.75 Å². The molecule has 1 amide bonds. The van der Waals surface area contributed by atoms with Crippen LogP contribution in [0, 0.1) is 5.92 Å². The Balaban J connectivity index is 0.00000225. The largest absolute Gasteiger partial charge is 0.496 e. The van der Waals surface area contributed by atoms with Gasteiger partial charge in [-0.1, -0.05) is 41.9 Å². The smallest absolute Gasteiger partial charge is 0.257 e. The molecule has 134 valence electrons. The van der Waals surface area contributed by atoms with Crippen molar-refractivity contribution in [3.05, 3.63) is 58.6 Å². The lowest BCUT2D eigenvalue weighted by Gasteiger charge is -2.19. The number of anilines is 1. The van der Waals surface area contributed by atoms with Crippen LogP contribution in [0.15, 0.2) is 42.5 Å². The molecule has 1 fully saturated rings. The minimum atomic E-state index is -0.0516. The maximum Gasteiger partial charge on any atom is 0.257 e. The van der Waals surface area contributed by atoms with Gasteiger partial charge in [0, 0.05) is 19.2 Å². The molecule has 1 saturated heterocycles. The number of carbonyl (C=O) groups excluding carboxylic acids is 1. The summed E-state index contributed by atoms with van der Waals surface area (Å²) in [5.74, 6) is 0.893. The Labute approximate surface area is 159 Å². The second-order valence-corrected chi connectivity index (χ2v) is 6.58. The molecule has 1 aliphatic rings. The van der Waals surface area contributed by atoms with Crippen molar-refractivity contribution in [1.82, 2.24) is 4.90 Å². The fourth-order valence-electron chi connectivity index (χ4n) is 3.21. The molecule has 3 rings (SSSR count). The summed E-state index contributed by atoms with van der Waals surface area (Å²) in [5, 5.41) is 0.374. The number of hydrogen-bond acceptors (Lipinski definition) is 3. The van der Waals surface area contributed by atoms with E-state index < -0.39 is 0 Å². The lowest BCUT2D eigenvalue weighted by molar-refractivity contribution is 0.0784. The summed E-state index contributed by atoms with van der Waals surface area (Å²) in [6.07, 6.45) is 2.00. The highest BCUT2D eigenvalue weighted by molar-refractivity contribution is 6.33. The minimum absolute atomic E-state index is 0. The van der Waals surface area contributed by atoms with Gasteiger partial charge in [-0.25, -0.2) is 0 Å². The summed E-state index contributed by atoms with van der Waals surface area (Å²) in [4.78, 5) is 14.7. The van der Waals surface area contributed by atoms with Gasteiger partial charge in [-0.15, -0.1) is 12.4 Å². The van der Waals surface area contributed by atoms with Gasteiger partial charge < -0.3 is 15.4 Å². The molecular weight excluding hydrogens is 359 g/mol. The van der Waals surface area contributed by atoms with Crippen molar-refractivity contribution in [2.45, 2.75) is 12.8 Å². The molecule has 0 aliphatic carbocycles. The van der Waals surface area contributed by atoms with Crippen LogP contribution in [0.1, 0.15) is 22.3 Å². The number of nitrogen functional groups attached to an aromatic ring is 1. The Morgan fingerprint density at radius 3 is 2.72 bits per heavy atom. The van der Waals surface area contributed by atoms with Crippen LogP contribution in [0.4, 0.5) is 5.69 Å². The molecule has 0 spiro atoms. The number of likely N-dealkylation sites (tertiary alicyclic amines) is 1. The van der Waals surface area contributed by atoms with Gasteiger partial charge in [0.25, 0.3) is 5.91 Å². The first-order valence-corrected chi connectivity index (χ1v) is 8.42. The fraction of sp³-hybridized carbons (Fsp3) is 0.316. The third-order valence-corrected chi connectivity index (χ3v) is 4.82. The SMILES string of the molecule is COc1cc(N)c(Cl)cc1C(=O)N1CCC(Cc2ccccc2)C1.Cl. The average Bonchev–Trinajstić information content (AvgIpc) is 3.05. The molecule has 0 aromatic heterocycles. The molecular formula is C19H22Cl2N2O2. The maximum atomic E-state index is 12.8. The molecule has 0 saturated carbocycles. The van der Waals surface area contributed by atoms with Crippen molar-refractivity contribution in [2.24, 2.45) is 5.92 Å². The molecule has 1 atom stereocenters. The average molecular weight is 381 g/mol. The van der Waals surface area contributed by atoms with E-state index in [9.17, 15) is 4.79 Å². The number of benzene rings is 2. The van der Waals surface area contributed by atoms with Crippen LogP contribution in [-0.4, -0.2) is 31.0 Å². The topological polar surface area (TPSA) is 55.6 Å². The number of ether oxygens (including phenoxy) is 1. The van der Waals surface area contributed by atoms with Gasteiger partial charge in [0.15, 0.2) is 0 Å². The summed E-state index contributed by atoms with van der Waals surface area (Å²) in [5.41, 5.74) is 7.98. The molecule has 2 aromatic carbocycles. The van der Waals surface area contributed by atoms with Gasteiger partial charge in [0.05, 0.1) is 23.4 Å². The Kier molecular flexibility index (Phi) is 6.57. The molecule has 6 heteroatoms. The van der Waals surface area contributed by atoms with Gasteiger partial charge in [-0.2, -0.15) is 0 Å². The third kappa shape index (κ3) is 4.39. The first kappa shape index (κ1) is 19.4. The first-order chi connectivity index (χ1) is 11.6. The summed E-state index contributed by atoms with van der Waals surface area (Å²) >= 11 is 6.08. The van der Waals surface area contributed by atoms with Gasteiger partial charge in [0.1, 0.15) is 5.75 Å². The quantitative estimate of drug-likeness (QED) is 0.813. The first-order valence-electron chi connectivity index (χ1n) is 8.04. The van der Waals surface area contributed by atoms with E-state index in [2.05, 4.69) is 24.3 Å². The number of halogens is 2. The number of amides is 1. The van der Waals surface area contributed by atoms with Crippen molar-refractivity contribution in [3.63, 3.8) is 0 Å². The van der Waals surface area contributed by atoms with Crippen LogP contribution < -0.4 is 10.5 Å². The minimum Gasteiger partial charge on any atom is -0.496 e. The number of nitrogens with two attached hydrogens (primary N) is 1. The van der Waals surface area contributed by atoms with Crippen LogP contribution in [0.25, 0.3) is 0 Å². The number of carbonyl (C=O) groups is 1. The van der Waals surface area contributed by atoms with E-state index in [1.165, 1.54) is 12.7 Å².